The summed E-state index contributed by atoms with van der Waals surface area (Å²) in [6, 6.07) is 16.3. The number of benzene rings is 2. The van der Waals surface area contributed by atoms with Gasteiger partial charge in [-0.3, -0.25) is 4.79 Å². The van der Waals surface area contributed by atoms with Crippen molar-refractivity contribution in [3.8, 4) is 0 Å². The maximum Gasteiger partial charge on any atom is 0.227 e. The van der Waals surface area contributed by atoms with Gasteiger partial charge in [0.15, 0.2) is 0 Å². The normalized spacial score (nSPS) is 20.8. The lowest BCUT2D eigenvalue weighted by Crippen LogP contribution is -2.50. The number of amides is 1. The van der Waals surface area contributed by atoms with Crippen LogP contribution in [0, 0.1) is 5.82 Å². The number of ether oxygens (including phenoxy) is 1. The molecule has 1 aliphatic rings. The predicted octanol–water partition coefficient (Wildman–Crippen LogP) is 3.23. The lowest BCUT2D eigenvalue weighted by Gasteiger charge is -2.37. The molecule has 0 bridgehead atoms. The second-order valence-electron chi connectivity index (χ2n) is 6.36. The third-order valence-electron chi connectivity index (χ3n) is 4.25. The van der Waals surface area contributed by atoms with Crippen LogP contribution in [0.15, 0.2) is 54.6 Å². The van der Waals surface area contributed by atoms with Crippen molar-refractivity contribution in [2.75, 3.05) is 13.1 Å². The van der Waals surface area contributed by atoms with Gasteiger partial charge in [-0.2, -0.15) is 0 Å². The van der Waals surface area contributed by atoms with E-state index < -0.39 is 0 Å². The summed E-state index contributed by atoms with van der Waals surface area (Å²) >= 11 is 0. The molecule has 0 radical (unpaired) electrons. The van der Waals surface area contributed by atoms with Crippen LogP contribution < -0.4 is 0 Å². The highest BCUT2D eigenvalue weighted by Gasteiger charge is 2.28. The number of nitrogens with zero attached hydrogens (tertiary/aromatic N) is 1. The molecule has 0 aliphatic carbocycles. The van der Waals surface area contributed by atoms with Crippen molar-refractivity contribution in [3.63, 3.8) is 0 Å². The van der Waals surface area contributed by atoms with E-state index in [1.165, 1.54) is 17.7 Å². The molecule has 0 spiro atoms. The van der Waals surface area contributed by atoms with E-state index in [1.54, 1.807) is 12.1 Å². The highest BCUT2D eigenvalue weighted by Crippen LogP contribution is 2.17. The first-order chi connectivity index (χ1) is 11.6. The SMILES string of the molecule is CC1CN(C(=O)Cc2ccc(F)cc2)CC(Cc2ccccc2)O1. The van der Waals surface area contributed by atoms with Crippen molar-refractivity contribution < 1.29 is 13.9 Å². The largest absolute Gasteiger partial charge is 0.371 e. The molecular formula is C20H22FNO2. The average Bonchev–Trinajstić information content (AvgIpc) is 2.57. The maximum atomic E-state index is 13.0. The molecule has 2 aromatic rings. The van der Waals surface area contributed by atoms with Crippen LogP contribution in [0.5, 0.6) is 0 Å². The second kappa shape index (κ2) is 7.58. The van der Waals surface area contributed by atoms with E-state index in [1.807, 2.05) is 30.0 Å². The van der Waals surface area contributed by atoms with Gasteiger partial charge in [-0.25, -0.2) is 4.39 Å². The molecule has 1 fully saturated rings. The third kappa shape index (κ3) is 4.42. The second-order valence-corrected chi connectivity index (χ2v) is 6.36. The molecule has 2 unspecified atom stereocenters. The molecule has 2 aromatic carbocycles. The third-order valence-corrected chi connectivity index (χ3v) is 4.25. The van der Waals surface area contributed by atoms with Gasteiger partial charge in [-0.1, -0.05) is 42.5 Å². The molecule has 24 heavy (non-hydrogen) atoms. The van der Waals surface area contributed by atoms with Gasteiger partial charge in [0.25, 0.3) is 0 Å². The summed E-state index contributed by atoms with van der Waals surface area (Å²) in [4.78, 5) is 14.4. The maximum absolute atomic E-state index is 13.0. The molecule has 1 heterocycles. The lowest BCUT2D eigenvalue weighted by atomic mass is 10.0. The number of carbonyl (C=O) groups excluding carboxylic acids is 1. The Labute approximate surface area is 142 Å². The van der Waals surface area contributed by atoms with Crippen molar-refractivity contribution in [1.82, 2.24) is 4.90 Å². The van der Waals surface area contributed by atoms with Crippen molar-refractivity contribution in [1.29, 1.82) is 0 Å². The Hall–Kier alpha value is -2.20. The number of carbonyl (C=O) groups is 1. The van der Waals surface area contributed by atoms with Gasteiger partial charge >= 0.3 is 0 Å². The summed E-state index contributed by atoms with van der Waals surface area (Å²) in [5, 5.41) is 0. The van der Waals surface area contributed by atoms with Gasteiger partial charge in [-0.15, -0.1) is 0 Å². The summed E-state index contributed by atoms with van der Waals surface area (Å²) in [5.74, 6) is -0.219. The van der Waals surface area contributed by atoms with Gasteiger partial charge in [-0.05, 0) is 30.2 Å². The molecule has 2 atom stereocenters. The zero-order valence-electron chi connectivity index (χ0n) is 13.8. The minimum atomic E-state index is -0.283. The fourth-order valence-corrected chi connectivity index (χ4v) is 3.13. The first-order valence-electron chi connectivity index (χ1n) is 8.32. The van der Waals surface area contributed by atoms with Crippen LogP contribution in [0.1, 0.15) is 18.1 Å². The highest BCUT2D eigenvalue weighted by molar-refractivity contribution is 5.79. The van der Waals surface area contributed by atoms with Gasteiger partial charge in [0.2, 0.25) is 5.91 Å². The Morgan fingerprint density at radius 1 is 1.08 bits per heavy atom. The Kier molecular flexibility index (Phi) is 5.26. The van der Waals surface area contributed by atoms with E-state index in [0.29, 0.717) is 19.5 Å². The Morgan fingerprint density at radius 3 is 2.50 bits per heavy atom. The fraction of sp³-hybridized carbons (Fsp3) is 0.350. The highest BCUT2D eigenvalue weighted by atomic mass is 19.1. The number of morpholine rings is 1. The zero-order chi connectivity index (χ0) is 16.9. The van der Waals surface area contributed by atoms with Crippen LogP contribution in [-0.2, 0) is 22.4 Å². The van der Waals surface area contributed by atoms with E-state index in [4.69, 9.17) is 4.74 Å². The molecular weight excluding hydrogens is 305 g/mol. The predicted molar refractivity (Wildman–Crippen MR) is 91.2 cm³/mol. The minimum Gasteiger partial charge on any atom is -0.371 e. The van der Waals surface area contributed by atoms with E-state index in [9.17, 15) is 9.18 Å². The zero-order valence-corrected chi connectivity index (χ0v) is 13.8. The topological polar surface area (TPSA) is 29.5 Å². The van der Waals surface area contributed by atoms with Crippen LogP contribution >= 0.6 is 0 Å². The van der Waals surface area contributed by atoms with Gasteiger partial charge in [0.1, 0.15) is 5.82 Å². The molecule has 0 N–H and O–H groups in total. The number of hydrogen-bond acceptors (Lipinski definition) is 2. The first kappa shape index (κ1) is 16.7. The lowest BCUT2D eigenvalue weighted by molar-refractivity contribution is -0.143. The number of hydrogen-bond donors (Lipinski definition) is 0. The molecule has 126 valence electrons. The van der Waals surface area contributed by atoms with E-state index in [-0.39, 0.29) is 23.9 Å². The van der Waals surface area contributed by atoms with E-state index >= 15 is 0 Å². The van der Waals surface area contributed by atoms with Crippen LogP contribution in [-0.4, -0.2) is 36.1 Å². The quantitative estimate of drug-likeness (QED) is 0.863. The van der Waals surface area contributed by atoms with Crippen LogP contribution in [0.25, 0.3) is 0 Å². The van der Waals surface area contributed by atoms with Gasteiger partial charge in [0.05, 0.1) is 18.6 Å². The molecule has 0 aromatic heterocycles. The first-order valence-corrected chi connectivity index (χ1v) is 8.32. The molecule has 0 saturated carbocycles. The van der Waals surface area contributed by atoms with Gasteiger partial charge in [0, 0.05) is 19.5 Å². The smallest absolute Gasteiger partial charge is 0.227 e. The van der Waals surface area contributed by atoms with Crippen molar-refractivity contribution >= 4 is 5.91 Å². The molecule has 3 nitrogen and oxygen atoms in total. The number of halogens is 1. The van der Waals surface area contributed by atoms with E-state index in [0.717, 1.165) is 12.0 Å². The van der Waals surface area contributed by atoms with Crippen molar-refractivity contribution in [2.24, 2.45) is 0 Å². The summed E-state index contributed by atoms with van der Waals surface area (Å²) in [6.45, 7) is 3.19. The fourth-order valence-electron chi connectivity index (χ4n) is 3.13. The average molecular weight is 327 g/mol. The van der Waals surface area contributed by atoms with Crippen LogP contribution in [0.4, 0.5) is 4.39 Å². The summed E-state index contributed by atoms with van der Waals surface area (Å²) in [6.07, 6.45) is 1.12. The molecule has 1 aliphatic heterocycles. The monoisotopic (exact) mass is 327 g/mol. The van der Waals surface area contributed by atoms with Crippen LogP contribution in [0.2, 0.25) is 0 Å². The molecule has 3 rings (SSSR count). The Balaban J connectivity index is 1.62. The van der Waals surface area contributed by atoms with E-state index in [2.05, 4.69) is 12.1 Å². The molecule has 1 saturated heterocycles. The van der Waals surface area contributed by atoms with Crippen LogP contribution in [0.3, 0.4) is 0 Å². The Morgan fingerprint density at radius 2 is 1.79 bits per heavy atom. The molecule has 4 heteroatoms. The minimum absolute atomic E-state index is 0.00770. The van der Waals surface area contributed by atoms with Gasteiger partial charge < -0.3 is 9.64 Å². The Bertz CT molecular complexity index is 672. The molecule has 1 amide bonds. The van der Waals surface area contributed by atoms with Crippen molar-refractivity contribution in [3.05, 3.63) is 71.5 Å². The van der Waals surface area contributed by atoms with Crippen molar-refractivity contribution in [2.45, 2.75) is 32.0 Å². The number of rotatable bonds is 4. The summed E-state index contributed by atoms with van der Waals surface area (Å²) in [5.41, 5.74) is 2.04. The standard InChI is InChI=1S/C20H22FNO2/c1-15-13-22(20(23)12-17-7-9-18(21)10-8-17)14-19(24-15)11-16-5-3-2-4-6-16/h2-10,15,19H,11-14H2,1H3. The summed E-state index contributed by atoms with van der Waals surface area (Å²) < 4.78 is 19.0. The summed E-state index contributed by atoms with van der Waals surface area (Å²) in [7, 11) is 0.